The van der Waals surface area contributed by atoms with Crippen molar-refractivity contribution in [3.05, 3.63) is 71.5 Å². The number of hydrogen-bond donors (Lipinski definition) is 1. The van der Waals surface area contributed by atoms with E-state index in [0.29, 0.717) is 17.0 Å². The summed E-state index contributed by atoms with van der Waals surface area (Å²) in [6.07, 6.45) is -3.08. The maximum Gasteiger partial charge on any atom is 0.416 e. The number of fused-ring (bicyclic) bond motifs is 1. The van der Waals surface area contributed by atoms with Crippen LogP contribution in [0.2, 0.25) is 0 Å². The molecule has 7 nitrogen and oxygen atoms in total. The number of benzene rings is 2. The molecule has 2 heterocycles. The Morgan fingerprint density at radius 2 is 1.91 bits per heavy atom. The predicted octanol–water partition coefficient (Wildman–Crippen LogP) is 4.38. The Morgan fingerprint density at radius 3 is 2.56 bits per heavy atom. The molecule has 32 heavy (non-hydrogen) atoms. The first-order valence-electron chi connectivity index (χ1n) is 9.71. The summed E-state index contributed by atoms with van der Waals surface area (Å²) in [7, 11) is 1.49. The average Bonchev–Trinajstić information content (AvgIpc) is 3.20. The number of hydrogen-bond acceptors (Lipinski definition) is 4. The first-order valence-corrected chi connectivity index (χ1v) is 9.71. The number of nitrogens with zero attached hydrogens (tertiary/aromatic N) is 3. The summed E-state index contributed by atoms with van der Waals surface area (Å²) in [5.41, 5.74) is 0.230. The van der Waals surface area contributed by atoms with Crippen LogP contribution in [0.5, 0.6) is 5.75 Å². The van der Waals surface area contributed by atoms with Crippen LogP contribution in [-0.2, 0) is 6.18 Å². The van der Waals surface area contributed by atoms with Crippen molar-refractivity contribution in [3.63, 3.8) is 0 Å². The smallest absolute Gasteiger partial charge is 0.416 e. The molecule has 0 saturated carbocycles. The monoisotopic (exact) mass is 444 g/mol. The number of aromatic nitrogens is 2. The zero-order valence-electron chi connectivity index (χ0n) is 17.2. The molecule has 166 valence electrons. The molecule has 1 aliphatic rings. The van der Waals surface area contributed by atoms with E-state index in [4.69, 9.17) is 4.74 Å². The van der Waals surface area contributed by atoms with E-state index >= 15 is 0 Å². The van der Waals surface area contributed by atoms with Crippen molar-refractivity contribution in [1.29, 1.82) is 0 Å². The highest BCUT2D eigenvalue weighted by Crippen LogP contribution is 2.33. The van der Waals surface area contributed by atoms with Gasteiger partial charge in [-0.3, -0.25) is 14.3 Å². The number of nitrogens with one attached hydrogen (secondary N) is 1. The van der Waals surface area contributed by atoms with Gasteiger partial charge in [0.25, 0.3) is 11.8 Å². The quantitative estimate of drug-likeness (QED) is 0.648. The lowest BCUT2D eigenvalue weighted by Crippen LogP contribution is -2.43. The van der Waals surface area contributed by atoms with Gasteiger partial charge in [0.05, 0.1) is 30.6 Å². The van der Waals surface area contributed by atoms with E-state index in [-0.39, 0.29) is 24.0 Å². The molecule has 1 aromatic heterocycles. The number of alkyl halides is 3. The highest BCUT2D eigenvalue weighted by atomic mass is 19.4. The van der Waals surface area contributed by atoms with E-state index in [1.54, 1.807) is 24.3 Å². The van der Waals surface area contributed by atoms with Crippen LogP contribution in [-0.4, -0.2) is 35.2 Å². The Balaban J connectivity index is 1.62. The van der Waals surface area contributed by atoms with Gasteiger partial charge in [-0.1, -0.05) is 6.07 Å². The van der Waals surface area contributed by atoms with E-state index in [0.717, 1.165) is 12.1 Å². The SMILES string of the molecule is COc1cccc(C(=O)Nc2cnn3c2C(=O)N(c2ccc(C(F)(F)F)cc2)C[C@@H]3C)c1. The molecule has 0 bridgehead atoms. The number of carbonyl (C=O) groups excluding carboxylic acids is 2. The third-order valence-corrected chi connectivity index (χ3v) is 5.19. The number of amides is 2. The Morgan fingerprint density at radius 1 is 1.19 bits per heavy atom. The van der Waals surface area contributed by atoms with Crippen LogP contribution < -0.4 is 15.0 Å². The Kier molecular flexibility index (Phi) is 5.37. The van der Waals surface area contributed by atoms with Crippen molar-refractivity contribution in [2.75, 3.05) is 23.9 Å². The molecule has 0 aliphatic carbocycles. The van der Waals surface area contributed by atoms with Crippen molar-refractivity contribution < 1.29 is 27.5 Å². The Bertz CT molecular complexity index is 1170. The molecule has 2 aromatic carbocycles. The number of rotatable bonds is 4. The lowest BCUT2D eigenvalue weighted by molar-refractivity contribution is -0.137. The molecule has 2 amide bonds. The molecule has 1 atom stereocenters. The second-order valence-electron chi connectivity index (χ2n) is 7.35. The Hall–Kier alpha value is -3.82. The largest absolute Gasteiger partial charge is 0.497 e. The Labute approximate surface area is 181 Å². The van der Waals surface area contributed by atoms with Gasteiger partial charge in [-0.2, -0.15) is 18.3 Å². The van der Waals surface area contributed by atoms with Gasteiger partial charge in [-0.05, 0) is 49.4 Å². The first-order chi connectivity index (χ1) is 15.2. The van der Waals surface area contributed by atoms with Gasteiger partial charge in [0, 0.05) is 17.8 Å². The summed E-state index contributed by atoms with van der Waals surface area (Å²) in [5, 5.41) is 6.92. The second kappa shape index (κ2) is 8.03. The first kappa shape index (κ1) is 21.4. The van der Waals surface area contributed by atoms with Crippen molar-refractivity contribution in [2.45, 2.75) is 19.1 Å². The zero-order chi connectivity index (χ0) is 23.0. The molecule has 0 saturated heterocycles. The van der Waals surface area contributed by atoms with E-state index in [9.17, 15) is 22.8 Å². The third kappa shape index (κ3) is 3.91. The topological polar surface area (TPSA) is 76.5 Å². The lowest BCUT2D eigenvalue weighted by Gasteiger charge is -2.32. The van der Waals surface area contributed by atoms with Gasteiger partial charge in [0.2, 0.25) is 0 Å². The van der Waals surface area contributed by atoms with Crippen LogP contribution in [0.25, 0.3) is 0 Å². The second-order valence-corrected chi connectivity index (χ2v) is 7.35. The van der Waals surface area contributed by atoms with Crippen LogP contribution in [0.15, 0.2) is 54.7 Å². The molecular formula is C22H19F3N4O3. The van der Waals surface area contributed by atoms with Gasteiger partial charge in [0.15, 0.2) is 5.69 Å². The van der Waals surface area contributed by atoms with Gasteiger partial charge in [-0.25, -0.2) is 0 Å². The number of carbonyl (C=O) groups is 2. The zero-order valence-corrected chi connectivity index (χ0v) is 17.2. The van der Waals surface area contributed by atoms with Gasteiger partial charge < -0.3 is 15.0 Å². The van der Waals surface area contributed by atoms with Gasteiger partial charge in [-0.15, -0.1) is 0 Å². The van der Waals surface area contributed by atoms with E-state index < -0.39 is 23.6 Å². The average molecular weight is 444 g/mol. The molecule has 1 aliphatic heterocycles. The van der Waals surface area contributed by atoms with Crippen LogP contribution in [0.4, 0.5) is 24.5 Å². The van der Waals surface area contributed by atoms with Crippen molar-refractivity contribution in [3.8, 4) is 5.75 Å². The number of halogens is 3. The molecular weight excluding hydrogens is 425 g/mol. The van der Waals surface area contributed by atoms with Gasteiger partial charge in [0.1, 0.15) is 5.75 Å². The van der Waals surface area contributed by atoms with Gasteiger partial charge >= 0.3 is 6.18 Å². The molecule has 4 rings (SSSR count). The summed E-state index contributed by atoms with van der Waals surface area (Å²) in [4.78, 5) is 27.3. The maximum absolute atomic E-state index is 13.2. The van der Waals surface area contributed by atoms with E-state index in [1.807, 2.05) is 6.92 Å². The fourth-order valence-electron chi connectivity index (χ4n) is 3.57. The summed E-state index contributed by atoms with van der Waals surface area (Å²) in [6, 6.07) is 10.7. The summed E-state index contributed by atoms with van der Waals surface area (Å²) in [6.45, 7) is 2.05. The van der Waals surface area contributed by atoms with Crippen LogP contribution in [0.3, 0.4) is 0 Å². The minimum atomic E-state index is -4.46. The van der Waals surface area contributed by atoms with E-state index in [1.165, 1.54) is 35.0 Å². The van der Waals surface area contributed by atoms with Crippen LogP contribution >= 0.6 is 0 Å². The number of ether oxygens (including phenoxy) is 1. The molecule has 3 aromatic rings. The molecule has 10 heteroatoms. The third-order valence-electron chi connectivity index (χ3n) is 5.19. The highest BCUT2D eigenvalue weighted by Gasteiger charge is 2.35. The standard InChI is InChI=1S/C22H19F3N4O3/c1-13-12-28(16-8-6-15(7-9-16)22(23,24)25)21(31)19-18(11-26-29(13)19)27-20(30)14-4-3-5-17(10-14)32-2/h3-11,13H,12H2,1-2H3,(H,27,30)/t13-/m0/s1. The molecule has 0 unspecified atom stereocenters. The minimum absolute atomic E-state index is 0.153. The van der Waals surface area contributed by atoms with Crippen molar-refractivity contribution >= 4 is 23.2 Å². The molecule has 0 spiro atoms. The highest BCUT2D eigenvalue weighted by molar-refractivity contribution is 6.13. The molecule has 0 fully saturated rings. The van der Waals surface area contributed by atoms with Crippen molar-refractivity contribution in [2.24, 2.45) is 0 Å². The normalized spacial score (nSPS) is 16.0. The maximum atomic E-state index is 13.2. The summed E-state index contributed by atoms with van der Waals surface area (Å²) < 4.78 is 45.3. The minimum Gasteiger partial charge on any atom is -0.497 e. The van der Waals surface area contributed by atoms with Crippen LogP contribution in [0.1, 0.15) is 39.4 Å². The number of anilines is 2. The van der Waals surface area contributed by atoms with Crippen LogP contribution in [0, 0.1) is 0 Å². The van der Waals surface area contributed by atoms with E-state index in [2.05, 4.69) is 10.4 Å². The summed E-state index contributed by atoms with van der Waals surface area (Å²) in [5.74, 6) is -0.416. The molecule has 1 N–H and O–H groups in total. The molecule has 0 radical (unpaired) electrons. The number of methoxy groups -OCH3 is 1. The fraction of sp³-hybridized carbons (Fsp3) is 0.227. The predicted molar refractivity (Wildman–Crippen MR) is 111 cm³/mol. The van der Waals surface area contributed by atoms with Crippen molar-refractivity contribution in [1.82, 2.24) is 9.78 Å². The fourth-order valence-corrected chi connectivity index (χ4v) is 3.57. The summed E-state index contributed by atoms with van der Waals surface area (Å²) >= 11 is 0. The lowest BCUT2D eigenvalue weighted by atomic mass is 10.1.